The lowest BCUT2D eigenvalue weighted by Crippen LogP contribution is -2.57. The van der Waals surface area contributed by atoms with Crippen molar-refractivity contribution < 1.29 is 9.47 Å². The van der Waals surface area contributed by atoms with Crippen LogP contribution in [-0.2, 0) is 0 Å². The molecule has 0 saturated carbocycles. The fourth-order valence-electron chi connectivity index (χ4n) is 10.7. The average molecular weight is 795 g/mol. The Hall–Kier alpha value is -8.08. The van der Waals surface area contributed by atoms with Gasteiger partial charge in [-0.25, -0.2) is 0 Å². The van der Waals surface area contributed by atoms with Crippen LogP contribution in [0.15, 0.2) is 224 Å². The van der Waals surface area contributed by atoms with Gasteiger partial charge >= 0.3 is 0 Å². The second-order valence-electron chi connectivity index (χ2n) is 16.3. The Kier molecular flexibility index (Phi) is 7.55. The molecular formula is C58H38N2O2. The van der Waals surface area contributed by atoms with Crippen molar-refractivity contribution in [2.75, 3.05) is 9.80 Å². The van der Waals surface area contributed by atoms with Crippen LogP contribution in [0, 0.1) is 0 Å². The zero-order chi connectivity index (χ0) is 40.8. The van der Waals surface area contributed by atoms with E-state index in [1.165, 1.54) is 59.8 Å². The van der Waals surface area contributed by atoms with Crippen molar-refractivity contribution in [1.82, 2.24) is 0 Å². The molecule has 9 aromatic rings. The summed E-state index contributed by atoms with van der Waals surface area (Å²) in [5, 5.41) is 7.16. The van der Waals surface area contributed by atoms with Gasteiger partial charge in [-0.05, 0) is 116 Å². The van der Waals surface area contributed by atoms with Crippen LogP contribution in [-0.4, -0.2) is 5.54 Å². The number of hydrogen-bond acceptors (Lipinski definition) is 4. The predicted octanol–water partition coefficient (Wildman–Crippen LogP) is 13.5. The van der Waals surface area contributed by atoms with Gasteiger partial charge in [-0.2, -0.15) is 0 Å². The highest BCUT2D eigenvalue weighted by atomic mass is 16.5. The molecule has 4 nitrogen and oxygen atoms in total. The van der Waals surface area contributed by atoms with E-state index in [1.807, 2.05) is 0 Å². The normalized spacial score (nSPS) is 16.9. The second kappa shape index (κ2) is 13.5. The van der Waals surface area contributed by atoms with Crippen molar-refractivity contribution in [3.8, 4) is 23.0 Å². The summed E-state index contributed by atoms with van der Waals surface area (Å²) in [5.74, 6) is 3.31. The molecule has 1 unspecified atom stereocenters. The number of benzene rings is 9. The van der Waals surface area contributed by atoms with E-state index in [0.717, 1.165) is 51.4 Å². The van der Waals surface area contributed by atoms with Gasteiger partial charge < -0.3 is 19.3 Å². The van der Waals surface area contributed by atoms with Crippen LogP contribution in [0.25, 0.3) is 32.7 Å². The van der Waals surface area contributed by atoms with Crippen LogP contribution in [0.4, 0.5) is 28.4 Å². The average Bonchev–Trinajstić information content (AvgIpc) is 3.33. The minimum absolute atomic E-state index is 0.710. The molecule has 0 radical (unpaired) electrons. The third kappa shape index (κ3) is 4.89. The molecule has 2 heterocycles. The monoisotopic (exact) mass is 794 g/mol. The molecule has 4 aliphatic rings. The second-order valence-corrected chi connectivity index (χ2v) is 16.3. The van der Waals surface area contributed by atoms with Gasteiger partial charge in [0.25, 0.3) is 0 Å². The molecule has 0 saturated heterocycles. The molecule has 0 fully saturated rings. The molecule has 1 atom stereocenters. The van der Waals surface area contributed by atoms with E-state index in [9.17, 15) is 0 Å². The van der Waals surface area contributed by atoms with Crippen molar-refractivity contribution in [3.05, 3.63) is 246 Å². The Morgan fingerprint density at radius 1 is 0.419 bits per heavy atom. The van der Waals surface area contributed by atoms with Gasteiger partial charge in [0.1, 0.15) is 5.54 Å². The quantitative estimate of drug-likeness (QED) is 0.177. The summed E-state index contributed by atoms with van der Waals surface area (Å²) >= 11 is 0. The number of allylic oxidation sites excluding steroid dienone is 2. The highest BCUT2D eigenvalue weighted by Crippen LogP contribution is 2.59. The van der Waals surface area contributed by atoms with E-state index in [1.54, 1.807) is 0 Å². The van der Waals surface area contributed by atoms with Gasteiger partial charge in [-0.1, -0.05) is 164 Å². The largest absolute Gasteiger partial charge is 0.453 e. The van der Waals surface area contributed by atoms with Gasteiger partial charge in [-0.3, -0.25) is 0 Å². The van der Waals surface area contributed by atoms with Crippen LogP contribution in [0.2, 0.25) is 0 Å². The van der Waals surface area contributed by atoms with Crippen LogP contribution >= 0.6 is 0 Å². The van der Waals surface area contributed by atoms with E-state index in [-0.39, 0.29) is 0 Å². The van der Waals surface area contributed by atoms with Gasteiger partial charge in [0, 0.05) is 5.22 Å². The Balaban J connectivity index is 1.29. The molecule has 13 rings (SSSR count). The summed E-state index contributed by atoms with van der Waals surface area (Å²) in [4.78, 5) is 5.03. The maximum atomic E-state index is 6.78. The van der Waals surface area contributed by atoms with Crippen LogP contribution in [0.5, 0.6) is 23.0 Å². The molecule has 0 aromatic heterocycles. The molecule has 292 valence electrons. The molecule has 0 amide bonds. The maximum Gasteiger partial charge on any atom is 0.151 e. The number of rotatable bonds is 4. The molecule has 62 heavy (non-hydrogen) atoms. The molecule has 0 N–H and O–H groups in total. The third-order valence-electron chi connectivity index (χ3n) is 13.1. The summed E-state index contributed by atoms with van der Waals surface area (Å²) in [6.45, 7) is 0. The molecule has 2 aliphatic heterocycles. The number of para-hydroxylation sites is 8. The van der Waals surface area contributed by atoms with Crippen molar-refractivity contribution in [2.45, 2.75) is 12.0 Å². The predicted molar refractivity (Wildman–Crippen MR) is 253 cm³/mol. The molecule has 0 spiro atoms. The highest BCUT2D eigenvalue weighted by molar-refractivity contribution is 6.08. The SMILES string of the molecule is C1=CCC2(N3c4ccccc4Oc4ccccc43)C(=C1)C(c1cccc3ccccc13)=c1c(N3c4ccccc4Oc4ccccc43)cccc1=C2c1cccc2ccccc12. The maximum absolute atomic E-state index is 6.78. The van der Waals surface area contributed by atoms with E-state index in [0.29, 0.717) is 6.42 Å². The van der Waals surface area contributed by atoms with E-state index >= 15 is 0 Å². The Morgan fingerprint density at radius 2 is 0.887 bits per heavy atom. The number of anilines is 5. The molecule has 2 aliphatic carbocycles. The topological polar surface area (TPSA) is 24.9 Å². The first kappa shape index (κ1) is 34.8. The minimum atomic E-state index is -0.756. The summed E-state index contributed by atoms with van der Waals surface area (Å²) in [6, 6.07) is 72.0. The molecule has 9 aromatic carbocycles. The molecule has 4 heteroatoms. The lowest BCUT2D eigenvalue weighted by molar-refractivity contribution is 0.461. The minimum Gasteiger partial charge on any atom is -0.453 e. The van der Waals surface area contributed by atoms with Gasteiger partial charge in [0.15, 0.2) is 23.0 Å². The lowest BCUT2D eigenvalue weighted by atomic mass is 9.64. The summed E-state index contributed by atoms with van der Waals surface area (Å²) in [5.41, 5.74) is 10.4. The van der Waals surface area contributed by atoms with Crippen molar-refractivity contribution in [2.24, 2.45) is 0 Å². The highest BCUT2D eigenvalue weighted by Gasteiger charge is 2.52. The van der Waals surface area contributed by atoms with E-state index < -0.39 is 5.54 Å². The fraction of sp³-hybridized carbons (Fsp3) is 0.0345. The summed E-state index contributed by atoms with van der Waals surface area (Å²) in [7, 11) is 0. The number of hydrogen-bond donors (Lipinski definition) is 0. The van der Waals surface area contributed by atoms with Crippen LogP contribution < -0.4 is 29.7 Å². The first-order chi connectivity index (χ1) is 30.8. The molecular weight excluding hydrogens is 757 g/mol. The number of ether oxygens (including phenoxy) is 2. The summed E-state index contributed by atoms with van der Waals surface area (Å²) in [6.07, 6.45) is 7.73. The first-order valence-corrected chi connectivity index (χ1v) is 21.3. The molecule has 0 bridgehead atoms. The van der Waals surface area contributed by atoms with Crippen LogP contribution in [0.1, 0.15) is 17.5 Å². The smallest absolute Gasteiger partial charge is 0.151 e. The number of nitrogens with zero attached hydrogens (tertiary/aromatic N) is 2. The van der Waals surface area contributed by atoms with Gasteiger partial charge in [0.05, 0.1) is 28.4 Å². The Morgan fingerprint density at radius 3 is 1.52 bits per heavy atom. The van der Waals surface area contributed by atoms with E-state index in [4.69, 9.17) is 9.47 Å². The van der Waals surface area contributed by atoms with Crippen molar-refractivity contribution in [1.29, 1.82) is 0 Å². The third-order valence-corrected chi connectivity index (χ3v) is 13.1. The standard InChI is InChI=1S/C58H38N2O2/c1-3-22-40-38(18-1)20-15-24-42(40)55-45-27-13-14-37-58(45,60-48-30-7-11-35-53(48)62-54-36-12-8-31-49(54)60)57(43-25-16-21-39-19-2-4-23-41(39)43)44-26-17-32-50(56(44)55)59-46-28-5-9-33-51(46)61-52-34-10-6-29-47(52)59/h1-36H,37H2. The van der Waals surface area contributed by atoms with Crippen molar-refractivity contribution >= 4 is 61.1 Å². The van der Waals surface area contributed by atoms with E-state index in [2.05, 4.69) is 228 Å². The fourth-order valence-corrected chi connectivity index (χ4v) is 10.7. The van der Waals surface area contributed by atoms with Gasteiger partial charge in [0.2, 0.25) is 0 Å². The number of fused-ring (bicyclic) bond motifs is 8. The Bertz CT molecular complexity index is 3440. The zero-order valence-corrected chi connectivity index (χ0v) is 33.7. The van der Waals surface area contributed by atoms with Gasteiger partial charge in [-0.15, -0.1) is 0 Å². The lowest BCUT2D eigenvalue weighted by Gasteiger charge is -2.53. The summed E-state index contributed by atoms with van der Waals surface area (Å²) < 4.78 is 13.4. The Labute approximate surface area is 359 Å². The van der Waals surface area contributed by atoms with Crippen molar-refractivity contribution in [3.63, 3.8) is 0 Å². The zero-order valence-electron chi connectivity index (χ0n) is 33.7. The first-order valence-electron chi connectivity index (χ1n) is 21.3. The van der Waals surface area contributed by atoms with Crippen LogP contribution in [0.3, 0.4) is 0 Å².